The summed E-state index contributed by atoms with van der Waals surface area (Å²) in [5, 5.41) is 11.4. The zero-order valence-corrected chi connectivity index (χ0v) is 20.4. The third kappa shape index (κ3) is 5.92. The number of carbonyl (C=O) groups excluding carboxylic acids is 3. The van der Waals surface area contributed by atoms with Crippen LogP contribution in [0.25, 0.3) is 11.5 Å². The Bertz CT molecular complexity index is 1180. The van der Waals surface area contributed by atoms with Crippen LogP contribution in [0.3, 0.4) is 0 Å². The highest BCUT2D eigenvalue weighted by Crippen LogP contribution is 2.35. The Morgan fingerprint density at radius 1 is 1.12 bits per heavy atom. The Morgan fingerprint density at radius 3 is 2.52 bits per heavy atom. The van der Waals surface area contributed by atoms with E-state index in [0.717, 1.165) is 23.1 Å². The molecule has 2 heterocycles. The number of nitrogens with one attached hydrogen (secondary N) is 1. The number of rotatable bonds is 9. The van der Waals surface area contributed by atoms with Gasteiger partial charge in [0.15, 0.2) is 0 Å². The van der Waals surface area contributed by atoms with Gasteiger partial charge >= 0.3 is 11.9 Å². The minimum atomic E-state index is -0.633. The molecule has 0 saturated carbocycles. The molecule has 2 aromatic heterocycles. The van der Waals surface area contributed by atoms with E-state index < -0.39 is 17.8 Å². The number of hydrogen-bond acceptors (Lipinski definition) is 10. The van der Waals surface area contributed by atoms with Crippen LogP contribution >= 0.6 is 34.7 Å². The predicted octanol–water partition coefficient (Wildman–Crippen LogP) is 4.84. The Morgan fingerprint density at radius 2 is 1.82 bits per heavy atom. The smallest absolute Gasteiger partial charge is 0.348 e. The van der Waals surface area contributed by atoms with Crippen molar-refractivity contribution in [1.29, 1.82) is 0 Å². The third-order valence-electron chi connectivity index (χ3n) is 4.18. The minimum absolute atomic E-state index is 0.0713. The number of halogens is 1. The van der Waals surface area contributed by atoms with Crippen molar-refractivity contribution in [2.75, 3.05) is 24.3 Å². The molecular weight excluding hydrogens is 490 g/mol. The van der Waals surface area contributed by atoms with E-state index in [1.807, 2.05) is 0 Å². The van der Waals surface area contributed by atoms with Crippen LogP contribution in [0.2, 0.25) is 5.02 Å². The van der Waals surface area contributed by atoms with Gasteiger partial charge in [-0.25, -0.2) is 9.59 Å². The van der Waals surface area contributed by atoms with Crippen LogP contribution in [-0.2, 0) is 14.3 Å². The van der Waals surface area contributed by atoms with Gasteiger partial charge in [-0.3, -0.25) is 4.79 Å². The number of nitrogens with zero attached hydrogens (tertiary/aromatic N) is 2. The standard InChI is InChI=1S/C21H20ClN3O6S2/c1-4-29-19(27)15-11(3)16(20(28)30-5-2)33-18(15)23-14(26)10-32-21-25-24-17(31-21)12-8-6-7-9-13(12)22/h6-9H,4-5,10H2,1-3H3,(H,23,26). The van der Waals surface area contributed by atoms with Crippen LogP contribution < -0.4 is 5.32 Å². The van der Waals surface area contributed by atoms with E-state index in [9.17, 15) is 14.4 Å². The van der Waals surface area contributed by atoms with Gasteiger partial charge in [0, 0.05) is 0 Å². The first kappa shape index (κ1) is 24.7. The molecule has 33 heavy (non-hydrogen) atoms. The van der Waals surface area contributed by atoms with Crippen LogP contribution in [0.15, 0.2) is 33.9 Å². The average molecular weight is 510 g/mol. The monoisotopic (exact) mass is 509 g/mol. The van der Waals surface area contributed by atoms with Gasteiger partial charge in [0.2, 0.25) is 11.8 Å². The highest BCUT2D eigenvalue weighted by atomic mass is 35.5. The molecule has 1 aromatic carbocycles. The van der Waals surface area contributed by atoms with E-state index in [-0.39, 0.29) is 45.5 Å². The maximum absolute atomic E-state index is 12.6. The lowest BCUT2D eigenvalue weighted by atomic mass is 10.1. The van der Waals surface area contributed by atoms with E-state index in [4.69, 9.17) is 25.5 Å². The molecule has 0 radical (unpaired) electrons. The molecule has 3 aromatic rings. The van der Waals surface area contributed by atoms with Crippen molar-refractivity contribution in [2.45, 2.75) is 26.0 Å². The third-order valence-corrected chi connectivity index (χ3v) is 6.51. The number of hydrogen-bond donors (Lipinski definition) is 1. The molecule has 9 nitrogen and oxygen atoms in total. The van der Waals surface area contributed by atoms with Gasteiger partial charge in [-0.15, -0.1) is 21.5 Å². The van der Waals surface area contributed by atoms with Crippen LogP contribution in [0.5, 0.6) is 0 Å². The fourth-order valence-corrected chi connectivity index (χ4v) is 4.63. The first-order valence-electron chi connectivity index (χ1n) is 9.84. The van der Waals surface area contributed by atoms with E-state index in [0.29, 0.717) is 16.1 Å². The van der Waals surface area contributed by atoms with Crippen LogP contribution in [0.4, 0.5) is 5.00 Å². The van der Waals surface area contributed by atoms with Gasteiger partial charge in [0.05, 0.1) is 35.1 Å². The number of ether oxygens (including phenoxy) is 2. The van der Waals surface area contributed by atoms with Gasteiger partial charge in [-0.2, -0.15) is 0 Å². The molecule has 12 heteroatoms. The number of amides is 1. The molecule has 0 spiro atoms. The molecule has 0 bridgehead atoms. The second-order valence-corrected chi connectivity index (χ2v) is 8.75. The second kappa shape index (κ2) is 11.3. The lowest BCUT2D eigenvalue weighted by Gasteiger charge is -2.06. The topological polar surface area (TPSA) is 121 Å². The first-order chi connectivity index (χ1) is 15.8. The SMILES string of the molecule is CCOC(=O)c1sc(NC(=O)CSc2nnc(-c3ccccc3Cl)o2)c(C(=O)OCC)c1C. The quantitative estimate of drug-likeness (QED) is 0.319. The summed E-state index contributed by atoms with van der Waals surface area (Å²) < 4.78 is 15.7. The van der Waals surface area contributed by atoms with Crippen LogP contribution in [0, 0.1) is 6.92 Å². The molecule has 0 aliphatic rings. The molecule has 174 valence electrons. The van der Waals surface area contributed by atoms with Crippen molar-refractivity contribution in [1.82, 2.24) is 10.2 Å². The Labute approximate surface area is 202 Å². The van der Waals surface area contributed by atoms with Gasteiger partial charge in [-0.1, -0.05) is 35.5 Å². The second-order valence-electron chi connectivity index (χ2n) is 6.39. The normalized spacial score (nSPS) is 10.7. The molecule has 0 saturated heterocycles. The summed E-state index contributed by atoms with van der Waals surface area (Å²) in [6.45, 7) is 5.29. The molecule has 0 unspecified atom stereocenters. The number of thioether (sulfide) groups is 1. The lowest BCUT2D eigenvalue weighted by molar-refractivity contribution is -0.113. The maximum Gasteiger partial charge on any atom is 0.348 e. The fraction of sp³-hybridized carbons (Fsp3) is 0.286. The molecule has 0 aliphatic heterocycles. The molecule has 1 N–H and O–H groups in total. The number of thiophene rings is 1. The van der Waals surface area contributed by atoms with Crippen molar-refractivity contribution in [3.63, 3.8) is 0 Å². The molecule has 0 atom stereocenters. The summed E-state index contributed by atoms with van der Waals surface area (Å²) in [5.74, 6) is -1.47. The molecule has 1 amide bonds. The van der Waals surface area contributed by atoms with Gasteiger partial charge in [0.1, 0.15) is 9.88 Å². The molecular formula is C21H20ClN3O6S2. The van der Waals surface area contributed by atoms with Gasteiger partial charge in [0.25, 0.3) is 5.22 Å². The molecule has 3 rings (SSSR count). The Kier molecular flexibility index (Phi) is 8.48. The summed E-state index contributed by atoms with van der Waals surface area (Å²) in [6, 6.07) is 7.02. The molecule has 0 fully saturated rings. The summed E-state index contributed by atoms with van der Waals surface area (Å²) in [5.41, 5.74) is 1.10. The Balaban J connectivity index is 1.72. The highest BCUT2D eigenvalue weighted by Gasteiger charge is 2.27. The summed E-state index contributed by atoms with van der Waals surface area (Å²) in [7, 11) is 0. The summed E-state index contributed by atoms with van der Waals surface area (Å²) in [6.07, 6.45) is 0. The van der Waals surface area contributed by atoms with Crippen molar-refractivity contribution >= 4 is 57.5 Å². The number of anilines is 1. The van der Waals surface area contributed by atoms with Gasteiger partial charge in [-0.05, 0) is 38.5 Å². The van der Waals surface area contributed by atoms with Crippen molar-refractivity contribution < 1.29 is 28.3 Å². The predicted molar refractivity (Wildman–Crippen MR) is 125 cm³/mol. The zero-order valence-electron chi connectivity index (χ0n) is 18.0. The van der Waals surface area contributed by atoms with E-state index >= 15 is 0 Å². The fourth-order valence-electron chi connectivity index (χ4n) is 2.74. The van der Waals surface area contributed by atoms with Crippen molar-refractivity contribution in [3.05, 3.63) is 45.3 Å². The first-order valence-corrected chi connectivity index (χ1v) is 12.0. The molecule has 0 aliphatic carbocycles. The number of carbonyl (C=O) groups is 3. The Hall–Kier alpha value is -2.89. The number of esters is 2. The van der Waals surface area contributed by atoms with Crippen LogP contribution in [0.1, 0.15) is 39.4 Å². The van der Waals surface area contributed by atoms with E-state index in [1.54, 1.807) is 45.0 Å². The van der Waals surface area contributed by atoms with E-state index in [2.05, 4.69) is 15.5 Å². The summed E-state index contributed by atoms with van der Waals surface area (Å²) >= 11 is 8.12. The van der Waals surface area contributed by atoms with Gasteiger partial charge < -0.3 is 19.2 Å². The van der Waals surface area contributed by atoms with Crippen molar-refractivity contribution in [3.8, 4) is 11.5 Å². The largest absolute Gasteiger partial charge is 0.462 e. The van der Waals surface area contributed by atoms with Crippen LogP contribution in [-0.4, -0.2) is 47.0 Å². The minimum Gasteiger partial charge on any atom is -0.462 e. The van der Waals surface area contributed by atoms with Crippen molar-refractivity contribution in [2.24, 2.45) is 0 Å². The number of aromatic nitrogens is 2. The average Bonchev–Trinajstić information content (AvgIpc) is 3.37. The summed E-state index contributed by atoms with van der Waals surface area (Å²) in [4.78, 5) is 37.5. The highest BCUT2D eigenvalue weighted by molar-refractivity contribution is 7.99. The zero-order chi connectivity index (χ0) is 24.0. The maximum atomic E-state index is 12.6. The lowest BCUT2D eigenvalue weighted by Crippen LogP contribution is -2.16. The van der Waals surface area contributed by atoms with E-state index in [1.165, 1.54) is 0 Å². The number of benzene rings is 1.